The van der Waals surface area contributed by atoms with Crippen LogP contribution in [0.25, 0.3) is 0 Å². The number of carboxylic acids is 1. The number of hydrogen-bond donors (Lipinski definition) is 2. The Kier molecular flexibility index (Phi) is 5.19. The molecule has 2 aliphatic rings. The van der Waals surface area contributed by atoms with Gasteiger partial charge >= 0.3 is 5.97 Å². The maximum absolute atomic E-state index is 11.9. The molecule has 1 saturated heterocycles. The second kappa shape index (κ2) is 6.89. The molecule has 2 N–H and O–H groups in total. The summed E-state index contributed by atoms with van der Waals surface area (Å²) in [5.41, 5.74) is 0. The molecule has 1 saturated carbocycles. The average Bonchev–Trinajstić information content (AvgIpc) is 2.86. The lowest BCUT2D eigenvalue weighted by atomic mass is 10.0. The van der Waals surface area contributed by atoms with Gasteiger partial charge in [0.15, 0.2) is 0 Å². The first-order valence-corrected chi connectivity index (χ1v) is 7.30. The normalized spacial score (nSPS) is 31.1. The Morgan fingerprint density at radius 1 is 1.16 bits per heavy atom. The van der Waals surface area contributed by atoms with Gasteiger partial charge in [-0.2, -0.15) is 0 Å². The number of carbonyl (C=O) groups excluding carboxylic acids is 1. The van der Waals surface area contributed by atoms with E-state index in [2.05, 4.69) is 5.32 Å². The van der Waals surface area contributed by atoms with Gasteiger partial charge in [-0.3, -0.25) is 9.59 Å². The number of carboxylic acid groups (broad SMARTS) is 1. The van der Waals surface area contributed by atoms with E-state index in [9.17, 15) is 9.59 Å². The Balaban J connectivity index is 1.70. The van der Waals surface area contributed by atoms with E-state index < -0.39 is 11.9 Å². The van der Waals surface area contributed by atoms with Crippen LogP contribution in [-0.2, 0) is 14.3 Å². The molecule has 2 rings (SSSR count). The molecule has 1 aliphatic heterocycles. The highest BCUT2D eigenvalue weighted by atomic mass is 16.5. The zero-order chi connectivity index (χ0) is 13.7. The SMILES string of the molecule is O=C(CCC1CCCCO1)NC1CCCC1C(=O)O. The third-order valence-electron chi connectivity index (χ3n) is 4.15. The largest absolute Gasteiger partial charge is 0.481 e. The van der Waals surface area contributed by atoms with Gasteiger partial charge in [0.25, 0.3) is 0 Å². The Labute approximate surface area is 113 Å². The Morgan fingerprint density at radius 3 is 2.68 bits per heavy atom. The lowest BCUT2D eigenvalue weighted by molar-refractivity contribution is -0.142. The molecule has 19 heavy (non-hydrogen) atoms. The molecule has 3 atom stereocenters. The minimum Gasteiger partial charge on any atom is -0.481 e. The average molecular weight is 269 g/mol. The van der Waals surface area contributed by atoms with Gasteiger partial charge in [-0.15, -0.1) is 0 Å². The van der Waals surface area contributed by atoms with E-state index in [4.69, 9.17) is 9.84 Å². The predicted octanol–water partition coefficient (Wildman–Crippen LogP) is 1.71. The van der Waals surface area contributed by atoms with E-state index in [0.29, 0.717) is 12.8 Å². The second-order valence-corrected chi connectivity index (χ2v) is 5.58. The lowest BCUT2D eigenvalue weighted by Gasteiger charge is -2.23. The van der Waals surface area contributed by atoms with Crippen molar-refractivity contribution in [3.05, 3.63) is 0 Å². The van der Waals surface area contributed by atoms with Crippen LogP contribution in [0, 0.1) is 5.92 Å². The molecule has 0 aromatic rings. The van der Waals surface area contributed by atoms with Crippen molar-refractivity contribution >= 4 is 11.9 Å². The number of rotatable bonds is 5. The summed E-state index contributed by atoms with van der Waals surface area (Å²) in [6.07, 6.45) is 7.06. The highest BCUT2D eigenvalue weighted by molar-refractivity contribution is 5.78. The molecular formula is C14H23NO4. The summed E-state index contributed by atoms with van der Waals surface area (Å²) < 4.78 is 5.58. The van der Waals surface area contributed by atoms with Crippen LogP contribution in [0.2, 0.25) is 0 Å². The van der Waals surface area contributed by atoms with Crippen molar-refractivity contribution in [1.82, 2.24) is 5.32 Å². The van der Waals surface area contributed by atoms with E-state index in [1.807, 2.05) is 0 Å². The number of amides is 1. The van der Waals surface area contributed by atoms with Crippen molar-refractivity contribution in [2.75, 3.05) is 6.61 Å². The maximum Gasteiger partial charge on any atom is 0.308 e. The third kappa shape index (κ3) is 4.20. The zero-order valence-electron chi connectivity index (χ0n) is 11.3. The molecule has 1 aliphatic carbocycles. The number of hydrogen-bond acceptors (Lipinski definition) is 3. The quantitative estimate of drug-likeness (QED) is 0.796. The molecule has 0 aromatic carbocycles. The van der Waals surface area contributed by atoms with E-state index in [1.165, 1.54) is 6.42 Å². The summed E-state index contributed by atoms with van der Waals surface area (Å²) in [5.74, 6) is -1.24. The van der Waals surface area contributed by atoms with E-state index >= 15 is 0 Å². The monoisotopic (exact) mass is 269 g/mol. The van der Waals surface area contributed by atoms with Crippen LogP contribution in [0.4, 0.5) is 0 Å². The highest BCUT2D eigenvalue weighted by Crippen LogP contribution is 2.26. The standard InChI is InChI=1S/C14H23NO4/c16-13(8-7-10-4-1-2-9-19-10)15-12-6-3-5-11(12)14(17)18/h10-12H,1-9H2,(H,15,16)(H,17,18). The first-order valence-electron chi connectivity index (χ1n) is 7.30. The van der Waals surface area contributed by atoms with Crippen LogP contribution in [0.15, 0.2) is 0 Å². The number of ether oxygens (including phenoxy) is 1. The minimum atomic E-state index is -0.793. The Morgan fingerprint density at radius 2 is 2.00 bits per heavy atom. The number of nitrogens with one attached hydrogen (secondary N) is 1. The van der Waals surface area contributed by atoms with E-state index in [0.717, 1.165) is 38.7 Å². The molecular weight excluding hydrogens is 246 g/mol. The van der Waals surface area contributed by atoms with Crippen molar-refractivity contribution < 1.29 is 19.4 Å². The van der Waals surface area contributed by atoms with Crippen LogP contribution in [0.5, 0.6) is 0 Å². The number of aliphatic carboxylic acids is 1. The fourth-order valence-electron chi connectivity index (χ4n) is 3.03. The fourth-order valence-corrected chi connectivity index (χ4v) is 3.03. The lowest BCUT2D eigenvalue weighted by Crippen LogP contribution is -2.40. The topological polar surface area (TPSA) is 75.6 Å². The Hall–Kier alpha value is -1.10. The van der Waals surface area contributed by atoms with Crippen LogP contribution in [0.1, 0.15) is 51.4 Å². The van der Waals surface area contributed by atoms with Crippen molar-refractivity contribution in [3.8, 4) is 0 Å². The maximum atomic E-state index is 11.9. The van der Waals surface area contributed by atoms with E-state index in [1.54, 1.807) is 0 Å². The van der Waals surface area contributed by atoms with Crippen molar-refractivity contribution in [2.45, 2.75) is 63.5 Å². The van der Waals surface area contributed by atoms with Crippen molar-refractivity contribution in [3.63, 3.8) is 0 Å². The fraction of sp³-hybridized carbons (Fsp3) is 0.857. The molecule has 2 fully saturated rings. The van der Waals surface area contributed by atoms with Crippen molar-refractivity contribution in [1.29, 1.82) is 0 Å². The van der Waals surface area contributed by atoms with Crippen LogP contribution >= 0.6 is 0 Å². The second-order valence-electron chi connectivity index (χ2n) is 5.58. The van der Waals surface area contributed by atoms with Crippen LogP contribution < -0.4 is 5.32 Å². The molecule has 0 aromatic heterocycles. The smallest absolute Gasteiger partial charge is 0.308 e. The van der Waals surface area contributed by atoms with Gasteiger partial charge in [-0.05, 0) is 38.5 Å². The summed E-state index contributed by atoms with van der Waals surface area (Å²) >= 11 is 0. The molecule has 1 heterocycles. The molecule has 108 valence electrons. The molecule has 1 amide bonds. The van der Waals surface area contributed by atoms with Gasteiger partial charge in [0.2, 0.25) is 5.91 Å². The third-order valence-corrected chi connectivity index (χ3v) is 4.15. The summed E-state index contributed by atoms with van der Waals surface area (Å²) in [4.78, 5) is 22.9. The van der Waals surface area contributed by atoms with Crippen LogP contribution in [0.3, 0.4) is 0 Å². The first-order chi connectivity index (χ1) is 9.16. The molecule has 5 heteroatoms. The van der Waals surface area contributed by atoms with Gasteiger partial charge in [-0.25, -0.2) is 0 Å². The molecule has 5 nitrogen and oxygen atoms in total. The summed E-state index contributed by atoms with van der Waals surface area (Å²) in [6, 6.07) is -0.183. The molecule has 3 unspecified atom stereocenters. The predicted molar refractivity (Wildman–Crippen MR) is 69.7 cm³/mol. The van der Waals surface area contributed by atoms with Gasteiger partial charge in [-0.1, -0.05) is 6.42 Å². The van der Waals surface area contributed by atoms with Crippen LogP contribution in [-0.4, -0.2) is 35.7 Å². The van der Waals surface area contributed by atoms with Gasteiger partial charge in [0.05, 0.1) is 12.0 Å². The Bertz CT molecular complexity index is 325. The molecule has 0 bridgehead atoms. The van der Waals surface area contributed by atoms with Gasteiger partial charge in [0, 0.05) is 19.1 Å². The molecule has 0 spiro atoms. The molecule has 0 radical (unpaired) electrons. The summed E-state index contributed by atoms with van der Waals surface area (Å²) in [6.45, 7) is 0.802. The van der Waals surface area contributed by atoms with Gasteiger partial charge < -0.3 is 15.2 Å². The summed E-state index contributed by atoms with van der Waals surface area (Å²) in [5, 5.41) is 11.9. The first kappa shape index (κ1) is 14.3. The number of carbonyl (C=O) groups is 2. The minimum absolute atomic E-state index is 0.0349. The summed E-state index contributed by atoms with van der Waals surface area (Å²) in [7, 11) is 0. The van der Waals surface area contributed by atoms with Gasteiger partial charge in [0.1, 0.15) is 0 Å². The van der Waals surface area contributed by atoms with Crippen molar-refractivity contribution in [2.24, 2.45) is 5.92 Å². The van der Waals surface area contributed by atoms with E-state index in [-0.39, 0.29) is 18.1 Å². The highest BCUT2D eigenvalue weighted by Gasteiger charge is 2.33. The zero-order valence-corrected chi connectivity index (χ0v) is 11.3.